The van der Waals surface area contributed by atoms with Crippen LogP contribution in [0.1, 0.15) is 9.88 Å². The van der Waals surface area contributed by atoms with E-state index in [2.05, 4.69) is 22.2 Å². The number of aliphatic imine (C=N–C) groups is 1. The number of para-hydroxylation sites is 1. The Bertz CT molecular complexity index is 680. The van der Waals surface area contributed by atoms with Gasteiger partial charge in [0.1, 0.15) is 6.61 Å². The summed E-state index contributed by atoms with van der Waals surface area (Å²) in [5.74, 6) is 0.704. The lowest BCUT2D eigenvalue weighted by molar-refractivity contribution is 0.270. The monoisotopic (exact) mass is 478 g/mol. The molecular formula is C17H24FIN4OS. The van der Waals surface area contributed by atoms with Crippen molar-refractivity contribution in [1.29, 1.82) is 0 Å². The minimum atomic E-state index is -0.346. The van der Waals surface area contributed by atoms with Crippen molar-refractivity contribution in [3.05, 3.63) is 46.2 Å². The number of thiazole rings is 1. The molecule has 1 aromatic carbocycles. The normalized spacial score (nSPS) is 11.0. The maximum Gasteiger partial charge on any atom is 0.193 e. The lowest BCUT2D eigenvalue weighted by Gasteiger charge is -2.22. The largest absolute Gasteiger partial charge is 0.489 e. The molecule has 0 saturated carbocycles. The summed E-state index contributed by atoms with van der Waals surface area (Å²) >= 11 is 1.71. The van der Waals surface area contributed by atoms with Gasteiger partial charge in [-0.1, -0.05) is 12.1 Å². The van der Waals surface area contributed by atoms with E-state index in [0.717, 1.165) is 23.9 Å². The van der Waals surface area contributed by atoms with Gasteiger partial charge in [-0.3, -0.25) is 4.99 Å². The van der Waals surface area contributed by atoms with Crippen LogP contribution in [0, 0.1) is 12.7 Å². The highest BCUT2D eigenvalue weighted by Gasteiger charge is 2.07. The van der Waals surface area contributed by atoms with Gasteiger partial charge in [0, 0.05) is 38.1 Å². The van der Waals surface area contributed by atoms with Crippen molar-refractivity contribution in [3.63, 3.8) is 0 Å². The van der Waals surface area contributed by atoms with Gasteiger partial charge in [-0.2, -0.15) is 0 Å². The Morgan fingerprint density at radius 2 is 2.16 bits per heavy atom. The van der Waals surface area contributed by atoms with Gasteiger partial charge in [0.05, 0.1) is 11.6 Å². The molecule has 1 N–H and O–H groups in total. The van der Waals surface area contributed by atoms with Crippen LogP contribution in [0.2, 0.25) is 0 Å². The molecular weight excluding hydrogens is 454 g/mol. The van der Waals surface area contributed by atoms with Crippen LogP contribution in [0.25, 0.3) is 0 Å². The van der Waals surface area contributed by atoms with Gasteiger partial charge in [-0.25, -0.2) is 9.37 Å². The summed E-state index contributed by atoms with van der Waals surface area (Å²) in [6.07, 6.45) is 2.75. The second-order valence-corrected chi connectivity index (χ2v) is 6.61. The molecule has 0 fully saturated rings. The zero-order valence-electron chi connectivity index (χ0n) is 14.7. The quantitative estimate of drug-likeness (QED) is 0.377. The van der Waals surface area contributed by atoms with Gasteiger partial charge in [0.15, 0.2) is 17.5 Å². The lowest BCUT2D eigenvalue weighted by Crippen LogP contribution is -2.41. The number of benzene rings is 1. The number of guanidine groups is 1. The van der Waals surface area contributed by atoms with Crippen molar-refractivity contribution in [2.24, 2.45) is 4.99 Å². The third kappa shape index (κ3) is 7.15. The van der Waals surface area contributed by atoms with E-state index in [9.17, 15) is 4.39 Å². The summed E-state index contributed by atoms with van der Waals surface area (Å²) in [5, 5.41) is 4.41. The summed E-state index contributed by atoms with van der Waals surface area (Å²) in [7, 11) is 3.66. The maximum absolute atomic E-state index is 13.5. The van der Waals surface area contributed by atoms with E-state index in [1.807, 2.05) is 18.1 Å². The molecule has 0 bridgehead atoms. The molecule has 0 aliphatic heterocycles. The van der Waals surface area contributed by atoms with Crippen LogP contribution < -0.4 is 10.1 Å². The van der Waals surface area contributed by atoms with Crippen LogP contribution >= 0.6 is 35.3 Å². The van der Waals surface area contributed by atoms with Crippen LogP contribution in [0.4, 0.5) is 4.39 Å². The van der Waals surface area contributed by atoms with Crippen LogP contribution in [0.3, 0.4) is 0 Å². The van der Waals surface area contributed by atoms with E-state index in [1.165, 1.54) is 10.9 Å². The van der Waals surface area contributed by atoms with E-state index >= 15 is 0 Å². The predicted octanol–water partition coefficient (Wildman–Crippen LogP) is 3.34. The summed E-state index contributed by atoms with van der Waals surface area (Å²) in [6.45, 7) is 3.79. The maximum atomic E-state index is 13.5. The minimum Gasteiger partial charge on any atom is -0.489 e. The second-order valence-electron chi connectivity index (χ2n) is 5.29. The predicted molar refractivity (Wildman–Crippen MR) is 112 cm³/mol. The molecule has 138 valence electrons. The Balaban J connectivity index is 0.00000312. The highest BCUT2D eigenvalue weighted by Crippen LogP contribution is 2.15. The van der Waals surface area contributed by atoms with Gasteiger partial charge in [0.25, 0.3) is 0 Å². The Kier molecular flexibility index (Phi) is 9.73. The molecule has 0 radical (unpaired) electrons. The first-order valence-electron chi connectivity index (χ1n) is 7.80. The molecule has 0 amide bonds. The van der Waals surface area contributed by atoms with Crippen molar-refractivity contribution in [1.82, 2.24) is 15.2 Å². The number of rotatable bonds is 7. The number of halogens is 2. The molecule has 25 heavy (non-hydrogen) atoms. The first kappa shape index (κ1) is 21.6. The molecule has 0 aliphatic rings. The van der Waals surface area contributed by atoms with Crippen molar-refractivity contribution in [2.45, 2.75) is 13.3 Å². The van der Waals surface area contributed by atoms with Gasteiger partial charge < -0.3 is 15.0 Å². The number of aromatic nitrogens is 1. The number of likely N-dealkylation sites (N-methyl/N-ethyl adjacent to an activating group) is 1. The van der Waals surface area contributed by atoms with Crippen LogP contribution in [-0.2, 0) is 6.42 Å². The number of ether oxygens (including phenoxy) is 1. The Hall–Kier alpha value is -1.42. The molecule has 0 atom stereocenters. The van der Waals surface area contributed by atoms with Crippen molar-refractivity contribution in [2.75, 3.05) is 33.8 Å². The van der Waals surface area contributed by atoms with Crippen LogP contribution in [-0.4, -0.2) is 49.6 Å². The molecule has 0 aliphatic carbocycles. The zero-order valence-corrected chi connectivity index (χ0v) is 17.8. The standard InChI is InChI=1S/C17H23FN4OS.HI/c1-13-12-21-16(24-13)8-9-20-17(19-2)22(3)10-11-23-15-7-5-4-6-14(15)18;/h4-7,12H,8-11H2,1-3H3,(H,19,20);1H. The van der Waals surface area contributed by atoms with Crippen molar-refractivity contribution in [3.8, 4) is 5.75 Å². The number of nitrogens with one attached hydrogen (secondary N) is 1. The second kappa shape index (κ2) is 11.2. The summed E-state index contributed by atoms with van der Waals surface area (Å²) < 4.78 is 19.0. The molecule has 1 heterocycles. The number of nitrogens with zero attached hydrogens (tertiary/aromatic N) is 3. The fourth-order valence-electron chi connectivity index (χ4n) is 2.14. The molecule has 0 spiro atoms. The Labute approximate surface area is 169 Å². The fourth-order valence-corrected chi connectivity index (χ4v) is 2.93. The third-order valence-electron chi connectivity index (χ3n) is 3.39. The molecule has 1 aromatic heterocycles. The van der Waals surface area contributed by atoms with E-state index in [-0.39, 0.29) is 35.5 Å². The highest BCUT2D eigenvalue weighted by atomic mass is 127. The van der Waals surface area contributed by atoms with E-state index < -0.39 is 0 Å². The van der Waals surface area contributed by atoms with E-state index in [0.29, 0.717) is 13.2 Å². The first-order chi connectivity index (χ1) is 11.6. The number of aryl methyl sites for hydroxylation is 1. The van der Waals surface area contributed by atoms with E-state index in [1.54, 1.807) is 36.6 Å². The number of hydrogen-bond donors (Lipinski definition) is 1. The SMILES string of the molecule is CN=C(NCCc1ncc(C)s1)N(C)CCOc1ccccc1F.I. The smallest absolute Gasteiger partial charge is 0.193 e. The average Bonchev–Trinajstić information content (AvgIpc) is 2.98. The first-order valence-corrected chi connectivity index (χ1v) is 8.62. The van der Waals surface area contributed by atoms with Crippen LogP contribution in [0.5, 0.6) is 5.75 Å². The summed E-state index contributed by atoms with van der Waals surface area (Å²) in [6, 6.07) is 6.41. The molecule has 0 saturated heterocycles. The van der Waals surface area contributed by atoms with E-state index in [4.69, 9.17) is 4.74 Å². The van der Waals surface area contributed by atoms with Gasteiger partial charge in [-0.15, -0.1) is 35.3 Å². The highest BCUT2D eigenvalue weighted by molar-refractivity contribution is 14.0. The number of hydrogen-bond acceptors (Lipinski definition) is 4. The summed E-state index contributed by atoms with van der Waals surface area (Å²) in [4.78, 5) is 11.8. The summed E-state index contributed by atoms with van der Waals surface area (Å²) in [5.41, 5.74) is 0. The van der Waals surface area contributed by atoms with Crippen molar-refractivity contribution < 1.29 is 9.13 Å². The average molecular weight is 478 g/mol. The zero-order chi connectivity index (χ0) is 17.4. The topological polar surface area (TPSA) is 49.8 Å². The minimum absolute atomic E-state index is 0. The molecule has 8 heteroatoms. The molecule has 2 rings (SSSR count). The van der Waals surface area contributed by atoms with Gasteiger partial charge in [-0.05, 0) is 19.1 Å². The molecule has 2 aromatic rings. The fraction of sp³-hybridized carbons (Fsp3) is 0.412. The van der Waals surface area contributed by atoms with Crippen molar-refractivity contribution >= 4 is 41.3 Å². The lowest BCUT2D eigenvalue weighted by atomic mass is 10.3. The molecule has 0 unspecified atom stereocenters. The molecule has 5 nitrogen and oxygen atoms in total. The third-order valence-corrected chi connectivity index (χ3v) is 4.36. The Morgan fingerprint density at radius 3 is 2.80 bits per heavy atom. The van der Waals surface area contributed by atoms with Gasteiger partial charge >= 0.3 is 0 Å². The van der Waals surface area contributed by atoms with Crippen LogP contribution in [0.15, 0.2) is 35.5 Å². The Morgan fingerprint density at radius 1 is 1.40 bits per heavy atom. The van der Waals surface area contributed by atoms with Gasteiger partial charge in [0.2, 0.25) is 0 Å².